The van der Waals surface area contributed by atoms with Crippen LogP contribution in [0.25, 0.3) is 0 Å². The van der Waals surface area contributed by atoms with Crippen molar-refractivity contribution in [2.24, 2.45) is 0 Å². The molecule has 0 atom stereocenters. The Morgan fingerprint density at radius 3 is 1.80 bits per heavy atom. The predicted octanol–water partition coefficient (Wildman–Crippen LogP) is 1.52. The van der Waals surface area contributed by atoms with E-state index in [9.17, 15) is 4.79 Å². The van der Waals surface area contributed by atoms with E-state index in [1.54, 1.807) is 14.1 Å². The monoisotopic (exact) mass is 207 g/mol. The molecular weight excluding hydrogens is 191 g/mol. The van der Waals surface area contributed by atoms with Crippen molar-refractivity contribution in [1.82, 2.24) is 4.90 Å². The molecule has 1 amide bonds. The molecule has 4 heteroatoms. The van der Waals surface area contributed by atoms with Crippen LogP contribution in [0, 0.1) is 0 Å². The summed E-state index contributed by atoms with van der Waals surface area (Å²) in [5, 5.41) is 0. The molecule has 0 aromatic rings. The molecule has 60 valence electrons. The van der Waals surface area contributed by atoms with Gasteiger partial charge in [-0.1, -0.05) is 0 Å². The van der Waals surface area contributed by atoms with Crippen molar-refractivity contribution in [3.05, 3.63) is 0 Å². The van der Waals surface area contributed by atoms with Gasteiger partial charge < -0.3 is 0 Å². The second kappa shape index (κ2) is 3.28. The number of carbonyl (C=O) groups excluding carboxylic acids is 1. The van der Waals surface area contributed by atoms with E-state index in [0.717, 1.165) is 0 Å². The van der Waals surface area contributed by atoms with Gasteiger partial charge >= 0.3 is 64.5 Å². The number of hydrogen-bond donors (Lipinski definition) is 0. The summed E-state index contributed by atoms with van der Waals surface area (Å²) in [5.74, 6) is 6.09. The first-order valence-electron chi connectivity index (χ1n) is 3.23. The van der Waals surface area contributed by atoms with Gasteiger partial charge in [-0.3, -0.25) is 0 Å². The Morgan fingerprint density at radius 2 is 1.70 bits per heavy atom. The molecule has 0 saturated heterocycles. The van der Waals surface area contributed by atoms with E-state index in [4.69, 9.17) is 3.76 Å². The third-order valence-electron chi connectivity index (χ3n) is 0.759. The van der Waals surface area contributed by atoms with Crippen LogP contribution >= 0.6 is 0 Å². The van der Waals surface area contributed by atoms with Crippen LogP contribution in [0.4, 0.5) is 4.79 Å². The maximum absolute atomic E-state index is 10.9. The van der Waals surface area contributed by atoms with Gasteiger partial charge in [-0.2, -0.15) is 0 Å². The Balaban J connectivity index is 3.81. The normalized spacial score (nSPS) is 10.9. The van der Waals surface area contributed by atoms with Crippen molar-refractivity contribution < 1.29 is 8.56 Å². The Hall–Kier alpha value is -0.187. The first kappa shape index (κ1) is 9.81. The summed E-state index contributed by atoms with van der Waals surface area (Å²) in [6.07, 6.45) is -0.215. The van der Waals surface area contributed by atoms with Crippen LogP contribution in [0.3, 0.4) is 0 Å². The fourth-order valence-electron chi connectivity index (χ4n) is 0.353. The first-order chi connectivity index (χ1) is 4.33. The minimum absolute atomic E-state index is 0.215. The molecule has 0 spiro atoms. The van der Waals surface area contributed by atoms with Crippen LogP contribution in [-0.2, 0) is 3.76 Å². The van der Waals surface area contributed by atoms with Gasteiger partial charge in [0.2, 0.25) is 0 Å². The van der Waals surface area contributed by atoms with Crippen molar-refractivity contribution in [3.8, 4) is 0 Å². The van der Waals surface area contributed by atoms with Gasteiger partial charge in [0.05, 0.1) is 0 Å². The van der Waals surface area contributed by atoms with Gasteiger partial charge in [-0.15, -0.1) is 0 Å². The molecular formula is C6H15GeNO2. The van der Waals surface area contributed by atoms with Gasteiger partial charge in [-0.25, -0.2) is 0 Å². The standard InChI is InChI=1S/C6H15GeNO2/c1-7(2,3)10-6(9)8(4)5/h1-5H3. The first-order valence-corrected chi connectivity index (χ1v) is 10.4. The fourth-order valence-corrected chi connectivity index (χ4v) is 1.84. The summed E-state index contributed by atoms with van der Waals surface area (Å²) in [6, 6.07) is 0. The Morgan fingerprint density at radius 1 is 1.30 bits per heavy atom. The number of hydrogen-bond acceptors (Lipinski definition) is 2. The Bertz CT molecular complexity index is 128. The molecule has 0 aromatic heterocycles. The molecule has 0 rings (SSSR count). The van der Waals surface area contributed by atoms with Crippen LogP contribution in [0.1, 0.15) is 0 Å². The van der Waals surface area contributed by atoms with Crippen LogP contribution in [0.2, 0.25) is 17.3 Å². The number of carbonyl (C=O) groups is 1. The third kappa shape index (κ3) is 4.67. The molecule has 0 radical (unpaired) electrons. The van der Waals surface area contributed by atoms with E-state index in [-0.39, 0.29) is 6.09 Å². The van der Waals surface area contributed by atoms with Crippen molar-refractivity contribution in [2.45, 2.75) is 17.3 Å². The van der Waals surface area contributed by atoms with Crippen LogP contribution in [-0.4, -0.2) is 38.7 Å². The molecule has 0 aliphatic rings. The van der Waals surface area contributed by atoms with Gasteiger partial charge in [0.1, 0.15) is 0 Å². The minimum atomic E-state index is -2.12. The van der Waals surface area contributed by atoms with E-state index in [0.29, 0.717) is 0 Å². The van der Waals surface area contributed by atoms with Crippen molar-refractivity contribution in [1.29, 1.82) is 0 Å². The summed E-state index contributed by atoms with van der Waals surface area (Å²) in [7, 11) is 3.38. The zero-order valence-electron chi connectivity index (χ0n) is 7.26. The van der Waals surface area contributed by atoms with Gasteiger partial charge in [0.15, 0.2) is 0 Å². The van der Waals surface area contributed by atoms with Gasteiger partial charge in [0, 0.05) is 0 Å². The molecule has 0 saturated carbocycles. The Kier molecular flexibility index (Phi) is 3.22. The number of rotatable bonds is 1. The molecule has 0 N–H and O–H groups in total. The SMILES string of the molecule is CN(C)C(=O)[O][Ge]([CH3])([CH3])[CH3]. The average Bonchev–Trinajstić information content (AvgIpc) is 1.60. The summed E-state index contributed by atoms with van der Waals surface area (Å²) in [6.45, 7) is 0. The fraction of sp³-hybridized carbons (Fsp3) is 0.833. The average molecular weight is 206 g/mol. The molecule has 3 nitrogen and oxygen atoms in total. The molecule has 0 heterocycles. The van der Waals surface area contributed by atoms with E-state index < -0.39 is 13.6 Å². The molecule has 0 aromatic carbocycles. The second-order valence-electron chi connectivity index (χ2n) is 3.37. The predicted molar refractivity (Wildman–Crippen MR) is 43.5 cm³/mol. The van der Waals surface area contributed by atoms with Crippen LogP contribution < -0.4 is 0 Å². The second-order valence-corrected chi connectivity index (χ2v) is 12.7. The van der Waals surface area contributed by atoms with Crippen molar-refractivity contribution >= 4 is 19.7 Å². The van der Waals surface area contributed by atoms with Gasteiger partial charge in [-0.05, 0) is 0 Å². The topological polar surface area (TPSA) is 29.5 Å². The van der Waals surface area contributed by atoms with E-state index >= 15 is 0 Å². The van der Waals surface area contributed by atoms with Gasteiger partial charge in [0.25, 0.3) is 0 Å². The van der Waals surface area contributed by atoms with Crippen molar-refractivity contribution in [2.75, 3.05) is 14.1 Å². The zero-order chi connectivity index (χ0) is 8.36. The van der Waals surface area contributed by atoms with E-state index in [2.05, 4.69) is 0 Å². The van der Waals surface area contributed by atoms with Crippen molar-refractivity contribution in [3.63, 3.8) is 0 Å². The summed E-state index contributed by atoms with van der Waals surface area (Å²) < 4.78 is 5.17. The maximum atomic E-state index is 10.9. The summed E-state index contributed by atoms with van der Waals surface area (Å²) in [5.41, 5.74) is 0. The Labute approximate surface area is 65.0 Å². The molecule has 0 fully saturated rings. The van der Waals surface area contributed by atoms with Crippen LogP contribution in [0.5, 0.6) is 0 Å². The molecule has 0 aliphatic heterocycles. The third-order valence-corrected chi connectivity index (χ3v) is 2.41. The van der Waals surface area contributed by atoms with E-state index in [1.807, 2.05) is 17.3 Å². The van der Waals surface area contributed by atoms with Crippen LogP contribution in [0.15, 0.2) is 0 Å². The number of amides is 1. The molecule has 0 aliphatic carbocycles. The summed E-state index contributed by atoms with van der Waals surface area (Å²) in [4.78, 5) is 12.4. The quantitative estimate of drug-likeness (QED) is 0.608. The summed E-state index contributed by atoms with van der Waals surface area (Å²) >= 11 is -2.12. The molecule has 10 heavy (non-hydrogen) atoms. The molecule has 0 bridgehead atoms. The zero-order valence-corrected chi connectivity index (χ0v) is 9.36. The van der Waals surface area contributed by atoms with E-state index in [1.165, 1.54) is 4.90 Å². The number of nitrogens with zero attached hydrogens (tertiary/aromatic N) is 1. The molecule has 0 unspecified atom stereocenters.